The minimum absolute atomic E-state index is 0.0519. The lowest BCUT2D eigenvalue weighted by atomic mass is 9.89. The molecule has 0 aliphatic heterocycles. The van der Waals surface area contributed by atoms with Crippen molar-refractivity contribution < 1.29 is 23.1 Å². The van der Waals surface area contributed by atoms with E-state index in [1.807, 2.05) is 6.08 Å². The van der Waals surface area contributed by atoms with Gasteiger partial charge in [0.25, 0.3) is 0 Å². The van der Waals surface area contributed by atoms with Gasteiger partial charge in [0.15, 0.2) is 9.84 Å². The Hall–Kier alpha value is -1.95. The molecule has 5 nitrogen and oxygen atoms in total. The Bertz CT molecular complexity index is 777. The van der Waals surface area contributed by atoms with Crippen LogP contribution in [0.3, 0.4) is 0 Å². The molecule has 2 atom stereocenters. The van der Waals surface area contributed by atoms with Crippen LogP contribution in [0.4, 0.5) is 0 Å². The van der Waals surface area contributed by atoms with Crippen molar-refractivity contribution in [3.63, 3.8) is 0 Å². The SMILES string of the molecule is CS(=O)(=O)c1ccc(/C=C/C2CCC(=O)C2CCCCCCC(=O)O)cc1. The van der Waals surface area contributed by atoms with Gasteiger partial charge in [-0.25, -0.2) is 8.42 Å². The first-order chi connectivity index (χ1) is 12.8. The molecule has 0 radical (unpaired) electrons. The summed E-state index contributed by atoms with van der Waals surface area (Å²) in [6.07, 6.45) is 11.3. The van der Waals surface area contributed by atoms with Gasteiger partial charge in [0.1, 0.15) is 5.78 Å². The zero-order valence-electron chi connectivity index (χ0n) is 15.8. The maximum absolute atomic E-state index is 12.2. The summed E-state index contributed by atoms with van der Waals surface area (Å²) in [5.74, 6) is -0.152. The first-order valence-electron chi connectivity index (χ1n) is 9.50. The number of hydrogen-bond donors (Lipinski definition) is 1. The fraction of sp³-hybridized carbons (Fsp3) is 0.524. The highest BCUT2D eigenvalue weighted by molar-refractivity contribution is 7.90. The minimum atomic E-state index is -3.19. The van der Waals surface area contributed by atoms with Crippen LogP contribution in [0.15, 0.2) is 35.2 Å². The van der Waals surface area contributed by atoms with Crippen molar-refractivity contribution in [1.29, 1.82) is 0 Å². The summed E-state index contributed by atoms with van der Waals surface area (Å²) in [4.78, 5) is 23.0. The summed E-state index contributed by atoms with van der Waals surface area (Å²) in [6.45, 7) is 0. The van der Waals surface area contributed by atoms with Gasteiger partial charge in [-0.15, -0.1) is 0 Å². The summed E-state index contributed by atoms with van der Waals surface area (Å²) in [5.41, 5.74) is 0.925. The summed E-state index contributed by atoms with van der Waals surface area (Å²) in [5, 5.41) is 8.64. The van der Waals surface area contributed by atoms with Gasteiger partial charge in [0.2, 0.25) is 0 Å². The van der Waals surface area contributed by atoms with E-state index >= 15 is 0 Å². The lowest BCUT2D eigenvalue weighted by Gasteiger charge is -2.14. The Morgan fingerprint density at radius 3 is 2.44 bits per heavy atom. The summed E-state index contributed by atoms with van der Waals surface area (Å²) < 4.78 is 23.0. The lowest BCUT2D eigenvalue weighted by Crippen LogP contribution is -2.13. The zero-order valence-corrected chi connectivity index (χ0v) is 16.6. The lowest BCUT2D eigenvalue weighted by molar-refractivity contribution is -0.137. The van der Waals surface area contributed by atoms with E-state index in [2.05, 4.69) is 6.08 Å². The van der Waals surface area contributed by atoms with Crippen LogP contribution in [0.25, 0.3) is 6.08 Å². The summed E-state index contributed by atoms with van der Waals surface area (Å²) in [7, 11) is -3.19. The van der Waals surface area contributed by atoms with Crippen molar-refractivity contribution in [2.24, 2.45) is 11.8 Å². The number of rotatable bonds is 10. The molecule has 1 aromatic rings. The number of benzene rings is 1. The maximum atomic E-state index is 12.2. The van der Waals surface area contributed by atoms with Crippen molar-refractivity contribution in [1.82, 2.24) is 0 Å². The molecule has 0 bridgehead atoms. The van der Waals surface area contributed by atoms with E-state index in [-0.39, 0.29) is 18.3 Å². The number of unbranched alkanes of at least 4 members (excludes halogenated alkanes) is 3. The van der Waals surface area contributed by atoms with E-state index in [9.17, 15) is 18.0 Å². The van der Waals surface area contributed by atoms with E-state index in [1.54, 1.807) is 24.3 Å². The van der Waals surface area contributed by atoms with Crippen LogP contribution >= 0.6 is 0 Å². The van der Waals surface area contributed by atoms with Crippen molar-refractivity contribution >= 4 is 27.7 Å². The number of carbonyl (C=O) groups excluding carboxylic acids is 1. The molecular formula is C21H28O5S. The van der Waals surface area contributed by atoms with Crippen molar-refractivity contribution in [3.8, 4) is 0 Å². The van der Waals surface area contributed by atoms with Gasteiger partial charge in [-0.2, -0.15) is 0 Å². The minimum Gasteiger partial charge on any atom is -0.481 e. The van der Waals surface area contributed by atoms with Crippen LogP contribution in [-0.2, 0) is 19.4 Å². The van der Waals surface area contributed by atoms with E-state index < -0.39 is 15.8 Å². The summed E-state index contributed by atoms with van der Waals surface area (Å²) in [6, 6.07) is 6.76. The number of hydrogen-bond acceptors (Lipinski definition) is 4. The van der Waals surface area contributed by atoms with E-state index in [0.29, 0.717) is 23.5 Å². The average Bonchev–Trinajstić information content (AvgIpc) is 2.95. The van der Waals surface area contributed by atoms with Gasteiger partial charge in [0.05, 0.1) is 4.90 Å². The van der Waals surface area contributed by atoms with Crippen molar-refractivity contribution in [2.45, 2.75) is 56.3 Å². The molecule has 1 aliphatic carbocycles. The third-order valence-corrected chi connectivity index (χ3v) is 6.28. The van der Waals surface area contributed by atoms with Gasteiger partial charge in [-0.3, -0.25) is 9.59 Å². The monoisotopic (exact) mass is 392 g/mol. The predicted octanol–water partition coefficient (Wildman–Crippen LogP) is 4.12. The molecule has 1 saturated carbocycles. The Morgan fingerprint density at radius 2 is 1.81 bits per heavy atom. The molecule has 0 amide bonds. The van der Waals surface area contributed by atoms with Crippen LogP contribution in [0.2, 0.25) is 0 Å². The van der Waals surface area contributed by atoms with Gasteiger partial charge in [0, 0.05) is 25.0 Å². The third kappa shape index (κ3) is 6.94. The molecule has 148 valence electrons. The average molecular weight is 393 g/mol. The van der Waals surface area contributed by atoms with Crippen LogP contribution in [0, 0.1) is 11.8 Å². The van der Waals surface area contributed by atoms with E-state index in [1.165, 1.54) is 6.26 Å². The number of Topliss-reactive ketones (excluding diaryl/α,β-unsaturated/α-hetero) is 1. The Balaban J connectivity index is 1.86. The van der Waals surface area contributed by atoms with Crippen LogP contribution < -0.4 is 0 Å². The molecule has 1 aromatic carbocycles. The van der Waals surface area contributed by atoms with E-state index in [4.69, 9.17) is 5.11 Å². The van der Waals surface area contributed by atoms with Gasteiger partial charge in [-0.1, -0.05) is 43.5 Å². The van der Waals surface area contributed by atoms with Crippen LogP contribution in [0.5, 0.6) is 0 Å². The number of ketones is 1. The molecule has 0 aromatic heterocycles. The predicted molar refractivity (Wildman–Crippen MR) is 105 cm³/mol. The molecule has 27 heavy (non-hydrogen) atoms. The second-order valence-electron chi connectivity index (χ2n) is 7.32. The molecule has 0 saturated heterocycles. The topological polar surface area (TPSA) is 88.5 Å². The number of carboxylic acid groups (broad SMARTS) is 1. The highest BCUT2D eigenvalue weighted by Gasteiger charge is 2.32. The second-order valence-corrected chi connectivity index (χ2v) is 9.34. The molecule has 1 fully saturated rings. The molecule has 1 N–H and O–H groups in total. The second kappa shape index (κ2) is 9.83. The molecule has 1 aliphatic rings. The summed E-state index contributed by atoms with van der Waals surface area (Å²) >= 11 is 0. The largest absolute Gasteiger partial charge is 0.481 e. The van der Waals surface area contributed by atoms with E-state index in [0.717, 1.165) is 37.7 Å². The number of carboxylic acids is 1. The van der Waals surface area contributed by atoms with Gasteiger partial charge >= 0.3 is 5.97 Å². The quantitative estimate of drug-likeness (QED) is 0.605. The molecule has 2 rings (SSSR count). The Kier molecular flexibility index (Phi) is 7.78. The zero-order chi connectivity index (χ0) is 19.9. The van der Waals surface area contributed by atoms with Crippen molar-refractivity contribution in [2.75, 3.05) is 6.26 Å². The smallest absolute Gasteiger partial charge is 0.303 e. The maximum Gasteiger partial charge on any atom is 0.303 e. The first kappa shape index (κ1) is 21.4. The molecule has 0 heterocycles. The highest BCUT2D eigenvalue weighted by atomic mass is 32.2. The number of aliphatic carboxylic acids is 1. The number of allylic oxidation sites excluding steroid dienone is 1. The normalized spacial score (nSPS) is 20.4. The Labute approximate surface area is 161 Å². The number of carbonyl (C=O) groups is 2. The molecule has 2 unspecified atom stereocenters. The molecule has 0 spiro atoms. The standard InChI is InChI=1S/C21H28O5S/c1-27(25,26)18-13-9-16(10-14-18)8-11-17-12-15-20(22)19(17)6-4-2-3-5-7-21(23)24/h8-11,13-14,17,19H,2-7,12,15H2,1H3,(H,23,24)/b11-8+. The van der Waals surface area contributed by atoms with Gasteiger partial charge < -0.3 is 5.11 Å². The first-order valence-corrected chi connectivity index (χ1v) is 11.4. The fourth-order valence-corrected chi connectivity index (χ4v) is 4.23. The van der Waals surface area contributed by atoms with Crippen LogP contribution in [-0.4, -0.2) is 31.5 Å². The highest BCUT2D eigenvalue weighted by Crippen LogP contribution is 2.34. The van der Waals surface area contributed by atoms with Crippen molar-refractivity contribution in [3.05, 3.63) is 35.9 Å². The molecular weight excluding hydrogens is 364 g/mol. The molecule has 6 heteroatoms. The van der Waals surface area contributed by atoms with Gasteiger partial charge in [-0.05, 0) is 42.9 Å². The third-order valence-electron chi connectivity index (χ3n) is 5.15. The van der Waals surface area contributed by atoms with Crippen LogP contribution in [0.1, 0.15) is 56.9 Å². The number of sulfone groups is 1. The Morgan fingerprint density at radius 1 is 1.15 bits per heavy atom. The fourth-order valence-electron chi connectivity index (χ4n) is 3.59.